The molecule has 0 amide bonds. The highest BCUT2D eigenvalue weighted by Crippen LogP contribution is 2.33. The maximum absolute atomic E-state index is 13.7. The van der Waals surface area contributed by atoms with Gasteiger partial charge in [0, 0.05) is 5.39 Å². The summed E-state index contributed by atoms with van der Waals surface area (Å²) in [4.78, 5) is 11.8. The van der Waals surface area contributed by atoms with Gasteiger partial charge in [-0.3, -0.25) is 4.79 Å². The predicted molar refractivity (Wildman–Crippen MR) is 104 cm³/mol. The molecule has 0 saturated carbocycles. The Morgan fingerprint density at radius 1 is 1.04 bits per heavy atom. The number of rotatable bonds is 6. The lowest BCUT2D eigenvalue weighted by Crippen LogP contribution is -2.05. The van der Waals surface area contributed by atoms with Crippen molar-refractivity contribution in [1.82, 2.24) is 0 Å². The molecule has 0 aliphatic carbocycles. The molecule has 146 valence electrons. The number of hydrogen-bond acceptors (Lipinski definition) is 5. The van der Waals surface area contributed by atoms with Crippen LogP contribution >= 0.6 is 0 Å². The van der Waals surface area contributed by atoms with Gasteiger partial charge in [0.2, 0.25) is 0 Å². The molecule has 0 saturated heterocycles. The van der Waals surface area contributed by atoms with Crippen LogP contribution in [0.2, 0.25) is 0 Å². The molecule has 0 aliphatic rings. The summed E-state index contributed by atoms with van der Waals surface area (Å²) in [5.74, 6) is -0.0472. The van der Waals surface area contributed by atoms with Gasteiger partial charge in [-0.2, -0.15) is 0 Å². The molecule has 0 unspecified atom stereocenters. The van der Waals surface area contributed by atoms with Gasteiger partial charge in [0.25, 0.3) is 0 Å². The standard InChI is InChI=1S/C21H19FO5S/c1-3-28(24,25)18-8-6-17(7-9-18)27-20-11-14(12-21(23)26-2)10-15-4-5-16(22)13-19(15)20/h4-11,13H,3,12H2,1-2H3. The molecular formula is C21H19FO5S. The molecule has 0 N–H and O–H groups in total. The summed E-state index contributed by atoms with van der Waals surface area (Å²) in [7, 11) is -2.00. The third kappa shape index (κ3) is 4.31. The van der Waals surface area contributed by atoms with Gasteiger partial charge >= 0.3 is 5.97 Å². The number of hydrogen-bond donors (Lipinski definition) is 0. The lowest BCUT2D eigenvalue weighted by atomic mass is 10.0. The summed E-state index contributed by atoms with van der Waals surface area (Å²) in [5, 5.41) is 1.25. The van der Waals surface area contributed by atoms with Crippen molar-refractivity contribution in [2.75, 3.05) is 12.9 Å². The van der Waals surface area contributed by atoms with Crippen LogP contribution in [0, 0.1) is 5.82 Å². The Kier molecular flexibility index (Phi) is 5.65. The SMILES string of the molecule is CCS(=O)(=O)c1ccc(Oc2cc(CC(=O)OC)cc3ccc(F)cc23)cc1. The summed E-state index contributed by atoms with van der Waals surface area (Å²) in [5.41, 5.74) is 0.658. The molecule has 5 nitrogen and oxygen atoms in total. The van der Waals surface area contributed by atoms with E-state index >= 15 is 0 Å². The molecular weight excluding hydrogens is 383 g/mol. The van der Waals surface area contributed by atoms with E-state index in [1.807, 2.05) is 0 Å². The minimum atomic E-state index is -3.31. The molecule has 0 fully saturated rings. The van der Waals surface area contributed by atoms with Gasteiger partial charge in [0.15, 0.2) is 9.84 Å². The second kappa shape index (κ2) is 7.98. The molecule has 28 heavy (non-hydrogen) atoms. The number of carbonyl (C=O) groups excluding carboxylic acids is 1. The summed E-state index contributed by atoms with van der Waals surface area (Å²) in [6, 6.07) is 13.7. The van der Waals surface area contributed by atoms with E-state index in [2.05, 4.69) is 0 Å². The van der Waals surface area contributed by atoms with E-state index in [9.17, 15) is 17.6 Å². The van der Waals surface area contributed by atoms with Crippen LogP contribution in [0.25, 0.3) is 10.8 Å². The van der Waals surface area contributed by atoms with Gasteiger partial charge in [0.05, 0.1) is 24.2 Å². The summed E-state index contributed by atoms with van der Waals surface area (Å²) >= 11 is 0. The molecule has 0 aliphatic heterocycles. The number of esters is 1. The van der Waals surface area contributed by atoms with Gasteiger partial charge in [0.1, 0.15) is 17.3 Å². The van der Waals surface area contributed by atoms with Crippen molar-refractivity contribution in [3.8, 4) is 11.5 Å². The zero-order valence-corrected chi connectivity index (χ0v) is 16.3. The molecule has 0 bridgehead atoms. The highest BCUT2D eigenvalue weighted by molar-refractivity contribution is 7.91. The third-order valence-electron chi connectivity index (χ3n) is 4.31. The first-order chi connectivity index (χ1) is 13.3. The van der Waals surface area contributed by atoms with Crippen molar-refractivity contribution >= 4 is 26.6 Å². The van der Waals surface area contributed by atoms with Gasteiger partial charge in [-0.1, -0.05) is 19.1 Å². The Morgan fingerprint density at radius 3 is 2.39 bits per heavy atom. The maximum atomic E-state index is 13.7. The van der Waals surface area contributed by atoms with Crippen LogP contribution in [0.4, 0.5) is 4.39 Å². The average molecular weight is 402 g/mol. The highest BCUT2D eigenvalue weighted by atomic mass is 32.2. The lowest BCUT2D eigenvalue weighted by Gasteiger charge is -2.12. The number of ether oxygens (including phenoxy) is 2. The summed E-state index contributed by atoms with van der Waals surface area (Å²) in [6.07, 6.45) is 0.0495. The monoisotopic (exact) mass is 402 g/mol. The molecule has 7 heteroatoms. The first-order valence-corrected chi connectivity index (χ1v) is 10.3. The predicted octanol–water partition coefficient (Wildman–Crippen LogP) is 4.28. The van der Waals surface area contributed by atoms with Crippen molar-refractivity contribution in [3.63, 3.8) is 0 Å². The van der Waals surface area contributed by atoms with Gasteiger partial charge in [-0.05, 0) is 53.4 Å². The normalized spacial score (nSPS) is 11.4. The van der Waals surface area contributed by atoms with Crippen molar-refractivity contribution in [2.45, 2.75) is 18.2 Å². The van der Waals surface area contributed by atoms with Crippen LogP contribution in [-0.2, 0) is 25.8 Å². The Morgan fingerprint density at radius 2 is 1.75 bits per heavy atom. The van der Waals surface area contributed by atoms with E-state index in [-0.39, 0.29) is 17.1 Å². The van der Waals surface area contributed by atoms with E-state index in [0.29, 0.717) is 27.8 Å². The van der Waals surface area contributed by atoms with Crippen LogP contribution in [0.5, 0.6) is 11.5 Å². The van der Waals surface area contributed by atoms with Crippen LogP contribution in [0.1, 0.15) is 12.5 Å². The van der Waals surface area contributed by atoms with Crippen LogP contribution in [0.3, 0.4) is 0 Å². The molecule has 0 aromatic heterocycles. The van der Waals surface area contributed by atoms with Crippen molar-refractivity contribution in [3.05, 3.63) is 66.0 Å². The summed E-state index contributed by atoms with van der Waals surface area (Å²) in [6.45, 7) is 1.58. The first kappa shape index (κ1) is 19.8. The van der Waals surface area contributed by atoms with E-state index in [1.165, 1.54) is 31.4 Å². The molecule has 0 heterocycles. The maximum Gasteiger partial charge on any atom is 0.309 e. The number of sulfone groups is 1. The summed E-state index contributed by atoms with van der Waals surface area (Å²) < 4.78 is 48.2. The topological polar surface area (TPSA) is 69.7 Å². The zero-order chi connectivity index (χ0) is 20.3. The second-order valence-electron chi connectivity index (χ2n) is 6.19. The van der Waals surface area contributed by atoms with Gasteiger partial charge < -0.3 is 9.47 Å². The van der Waals surface area contributed by atoms with Gasteiger partial charge in [-0.15, -0.1) is 0 Å². The fraction of sp³-hybridized carbons (Fsp3) is 0.190. The van der Waals surface area contributed by atoms with Crippen molar-refractivity contribution in [2.24, 2.45) is 0 Å². The first-order valence-electron chi connectivity index (χ1n) is 8.62. The van der Waals surface area contributed by atoms with E-state index in [1.54, 1.807) is 37.3 Å². The largest absolute Gasteiger partial charge is 0.469 e. The molecule has 0 atom stereocenters. The minimum Gasteiger partial charge on any atom is -0.469 e. The van der Waals surface area contributed by atoms with Crippen molar-refractivity contribution in [1.29, 1.82) is 0 Å². The van der Waals surface area contributed by atoms with E-state index in [4.69, 9.17) is 9.47 Å². The Bertz CT molecular complexity index is 1120. The Hall–Kier alpha value is -2.93. The lowest BCUT2D eigenvalue weighted by molar-refractivity contribution is -0.139. The van der Waals surface area contributed by atoms with Crippen molar-refractivity contribution < 1.29 is 27.1 Å². The average Bonchev–Trinajstić information content (AvgIpc) is 2.69. The van der Waals surface area contributed by atoms with Crippen LogP contribution in [0.15, 0.2) is 59.5 Å². The molecule has 3 rings (SSSR count). The zero-order valence-electron chi connectivity index (χ0n) is 15.4. The molecule has 3 aromatic rings. The number of benzene rings is 3. The second-order valence-corrected chi connectivity index (χ2v) is 8.47. The fourth-order valence-corrected chi connectivity index (χ4v) is 3.67. The molecule has 0 spiro atoms. The smallest absolute Gasteiger partial charge is 0.309 e. The quantitative estimate of drug-likeness (QED) is 0.576. The number of methoxy groups -OCH3 is 1. The Labute approximate surface area is 162 Å². The molecule has 3 aromatic carbocycles. The Balaban J connectivity index is 2.01. The number of halogens is 1. The van der Waals surface area contributed by atoms with E-state index in [0.717, 1.165) is 0 Å². The third-order valence-corrected chi connectivity index (χ3v) is 6.06. The van der Waals surface area contributed by atoms with Gasteiger partial charge in [-0.25, -0.2) is 12.8 Å². The number of fused-ring (bicyclic) bond motifs is 1. The minimum absolute atomic E-state index is 0.00664. The fourth-order valence-electron chi connectivity index (χ4n) is 2.79. The number of carbonyl (C=O) groups is 1. The van der Waals surface area contributed by atoms with E-state index < -0.39 is 21.6 Å². The highest BCUT2D eigenvalue weighted by Gasteiger charge is 2.13. The van der Waals surface area contributed by atoms with Crippen LogP contribution in [-0.4, -0.2) is 27.2 Å². The van der Waals surface area contributed by atoms with Crippen LogP contribution < -0.4 is 4.74 Å². The molecule has 0 radical (unpaired) electrons.